The van der Waals surface area contributed by atoms with Crippen LogP contribution in [0.1, 0.15) is 20.8 Å². The summed E-state index contributed by atoms with van der Waals surface area (Å²) in [5.41, 5.74) is -0.138. The van der Waals surface area contributed by atoms with Crippen molar-refractivity contribution in [2.24, 2.45) is 5.92 Å². The summed E-state index contributed by atoms with van der Waals surface area (Å²) < 4.78 is 11.3. The fourth-order valence-electron chi connectivity index (χ4n) is 1.30. The van der Waals surface area contributed by atoms with Crippen molar-refractivity contribution < 1.29 is 9.47 Å². The van der Waals surface area contributed by atoms with Gasteiger partial charge in [0.25, 0.3) is 0 Å². The largest absolute Gasteiger partial charge is 0.377 e. The van der Waals surface area contributed by atoms with Crippen LogP contribution < -0.4 is 5.32 Å². The smallest absolute Gasteiger partial charge is 0.101 e. The first kappa shape index (κ1) is 11.0. The molecule has 0 radical (unpaired) electrons. The summed E-state index contributed by atoms with van der Waals surface area (Å²) in [5.74, 6) is 0.583. The molecule has 0 spiro atoms. The van der Waals surface area contributed by atoms with Gasteiger partial charge >= 0.3 is 0 Å². The van der Waals surface area contributed by atoms with Gasteiger partial charge in [0.15, 0.2) is 0 Å². The number of hydrogen-bond acceptors (Lipinski definition) is 3. The average Bonchev–Trinajstić information content (AvgIpc) is 2.28. The zero-order valence-electron chi connectivity index (χ0n) is 8.93. The summed E-state index contributed by atoms with van der Waals surface area (Å²) in [7, 11) is 0. The van der Waals surface area contributed by atoms with Gasteiger partial charge in [0.05, 0.1) is 13.2 Å². The first-order valence-corrected chi connectivity index (χ1v) is 5.05. The molecule has 13 heavy (non-hydrogen) atoms. The predicted octanol–water partition coefficient (Wildman–Crippen LogP) is 1.04. The Labute approximate surface area is 80.8 Å². The Balaban J connectivity index is 2.33. The van der Waals surface area contributed by atoms with E-state index in [1.807, 2.05) is 0 Å². The van der Waals surface area contributed by atoms with E-state index in [0.29, 0.717) is 12.5 Å². The second kappa shape index (κ2) is 4.94. The van der Waals surface area contributed by atoms with Crippen molar-refractivity contribution in [1.82, 2.24) is 5.32 Å². The first-order valence-electron chi connectivity index (χ1n) is 5.05. The van der Waals surface area contributed by atoms with Crippen LogP contribution in [0.3, 0.4) is 0 Å². The van der Waals surface area contributed by atoms with Crippen LogP contribution in [-0.2, 0) is 9.47 Å². The third-order valence-electron chi connectivity index (χ3n) is 2.09. The summed E-state index contributed by atoms with van der Waals surface area (Å²) in [4.78, 5) is 0. The third kappa shape index (κ3) is 4.07. The van der Waals surface area contributed by atoms with E-state index in [1.165, 1.54) is 0 Å². The van der Waals surface area contributed by atoms with E-state index in [0.717, 1.165) is 26.3 Å². The molecule has 0 aromatic rings. The predicted molar refractivity (Wildman–Crippen MR) is 52.9 cm³/mol. The zero-order valence-corrected chi connectivity index (χ0v) is 8.93. The zero-order chi connectivity index (χ0) is 9.73. The molecule has 1 N–H and O–H groups in total. The molecule has 1 aliphatic heterocycles. The quantitative estimate of drug-likeness (QED) is 0.716. The normalized spacial score (nSPS) is 30.5. The maximum atomic E-state index is 5.82. The molecular formula is C10H21NO2. The van der Waals surface area contributed by atoms with Crippen LogP contribution in [-0.4, -0.2) is 38.5 Å². The van der Waals surface area contributed by atoms with Gasteiger partial charge in [-0.1, -0.05) is 13.8 Å². The molecule has 0 bridgehead atoms. The summed E-state index contributed by atoms with van der Waals surface area (Å²) in [6.07, 6.45) is 0. The minimum absolute atomic E-state index is 0.138. The van der Waals surface area contributed by atoms with Crippen molar-refractivity contribution >= 4 is 0 Å². The van der Waals surface area contributed by atoms with Gasteiger partial charge in [0.1, 0.15) is 5.60 Å². The summed E-state index contributed by atoms with van der Waals surface area (Å²) in [6.45, 7) is 10.5. The fourth-order valence-corrected chi connectivity index (χ4v) is 1.30. The monoisotopic (exact) mass is 187 g/mol. The lowest BCUT2D eigenvalue weighted by atomic mass is 10.1. The van der Waals surface area contributed by atoms with Gasteiger partial charge in [-0.25, -0.2) is 0 Å². The van der Waals surface area contributed by atoms with E-state index in [4.69, 9.17) is 9.47 Å². The molecular weight excluding hydrogens is 166 g/mol. The molecule has 3 heteroatoms. The highest BCUT2D eigenvalue weighted by atomic mass is 16.5. The topological polar surface area (TPSA) is 30.5 Å². The van der Waals surface area contributed by atoms with E-state index in [9.17, 15) is 0 Å². The Morgan fingerprint density at radius 3 is 3.00 bits per heavy atom. The molecule has 0 aromatic heterocycles. The van der Waals surface area contributed by atoms with Crippen molar-refractivity contribution in [3.05, 3.63) is 0 Å². The molecule has 1 heterocycles. The van der Waals surface area contributed by atoms with Gasteiger partial charge < -0.3 is 14.8 Å². The van der Waals surface area contributed by atoms with Crippen molar-refractivity contribution in [2.75, 3.05) is 32.9 Å². The summed E-state index contributed by atoms with van der Waals surface area (Å²) >= 11 is 0. The number of hydrogen-bond donors (Lipinski definition) is 1. The standard InChI is InChI=1S/C10H21NO2/c1-9(2)6-13-10(3)7-11-4-5-12-8-10/h9,11H,4-8H2,1-3H3/t10-/m1/s1. The van der Waals surface area contributed by atoms with Gasteiger partial charge in [-0.05, 0) is 12.8 Å². The molecule has 0 saturated carbocycles. The Bertz CT molecular complexity index is 140. The summed E-state index contributed by atoms with van der Waals surface area (Å²) in [6, 6.07) is 0. The summed E-state index contributed by atoms with van der Waals surface area (Å²) in [5, 5.41) is 3.31. The van der Waals surface area contributed by atoms with Crippen LogP contribution in [0.15, 0.2) is 0 Å². The van der Waals surface area contributed by atoms with Gasteiger partial charge in [-0.15, -0.1) is 0 Å². The number of ether oxygens (including phenoxy) is 2. The molecule has 78 valence electrons. The molecule has 1 fully saturated rings. The Kier molecular flexibility index (Phi) is 4.16. The van der Waals surface area contributed by atoms with Gasteiger partial charge in [-0.3, -0.25) is 0 Å². The molecule has 0 aromatic carbocycles. The highest BCUT2D eigenvalue weighted by Crippen LogP contribution is 2.13. The maximum absolute atomic E-state index is 5.82. The van der Waals surface area contributed by atoms with E-state index in [1.54, 1.807) is 0 Å². The molecule has 3 nitrogen and oxygen atoms in total. The molecule has 0 amide bonds. The van der Waals surface area contributed by atoms with Crippen LogP contribution in [0.2, 0.25) is 0 Å². The fraction of sp³-hybridized carbons (Fsp3) is 1.00. The van der Waals surface area contributed by atoms with Gasteiger partial charge in [0, 0.05) is 19.7 Å². The highest BCUT2D eigenvalue weighted by molar-refractivity contribution is 4.80. The lowest BCUT2D eigenvalue weighted by molar-refractivity contribution is -0.0807. The number of nitrogens with one attached hydrogen (secondary N) is 1. The maximum Gasteiger partial charge on any atom is 0.101 e. The average molecular weight is 187 g/mol. The van der Waals surface area contributed by atoms with Crippen LogP contribution in [0, 0.1) is 5.92 Å². The lowest BCUT2D eigenvalue weighted by Crippen LogP contribution is -2.42. The van der Waals surface area contributed by atoms with Gasteiger partial charge in [-0.2, -0.15) is 0 Å². The van der Waals surface area contributed by atoms with Crippen molar-refractivity contribution in [1.29, 1.82) is 0 Å². The Morgan fingerprint density at radius 2 is 2.31 bits per heavy atom. The second-order valence-corrected chi connectivity index (χ2v) is 4.38. The van der Waals surface area contributed by atoms with Gasteiger partial charge in [0.2, 0.25) is 0 Å². The van der Waals surface area contributed by atoms with Crippen LogP contribution in [0.25, 0.3) is 0 Å². The van der Waals surface area contributed by atoms with Crippen molar-refractivity contribution in [3.8, 4) is 0 Å². The van der Waals surface area contributed by atoms with E-state index in [2.05, 4.69) is 26.1 Å². The van der Waals surface area contributed by atoms with Crippen LogP contribution >= 0.6 is 0 Å². The molecule has 1 saturated heterocycles. The SMILES string of the molecule is CC(C)CO[C@]1(C)CNCCOC1. The number of rotatable bonds is 3. The second-order valence-electron chi connectivity index (χ2n) is 4.38. The molecule has 1 aliphatic rings. The lowest BCUT2D eigenvalue weighted by Gasteiger charge is -2.28. The van der Waals surface area contributed by atoms with Crippen LogP contribution in [0.5, 0.6) is 0 Å². The Morgan fingerprint density at radius 1 is 1.54 bits per heavy atom. The van der Waals surface area contributed by atoms with Crippen LogP contribution in [0.4, 0.5) is 0 Å². The van der Waals surface area contributed by atoms with Crippen molar-refractivity contribution in [3.63, 3.8) is 0 Å². The molecule has 0 unspecified atom stereocenters. The van der Waals surface area contributed by atoms with E-state index in [-0.39, 0.29) is 5.60 Å². The first-order chi connectivity index (χ1) is 6.12. The van der Waals surface area contributed by atoms with Crippen molar-refractivity contribution in [2.45, 2.75) is 26.4 Å². The molecule has 0 aliphatic carbocycles. The van der Waals surface area contributed by atoms with E-state index < -0.39 is 0 Å². The third-order valence-corrected chi connectivity index (χ3v) is 2.09. The Hall–Kier alpha value is -0.120. The highest BCUT2D eigenvalue weighted by Gasteiger charge is 2.27. The molecule has 1 atom stereocenters. The minimum atomic E-state index is -0.138. The van der Waals surface area contributed by atoms with E-state index >= 15 is 0 Å². The minimum Gasteiger partial charge on any atom is -0.377 e. The molecule has 1 rings (SSSR count).